The van der Waals surface area contributed by atoms with Gasteiger partial charge in [0.1, 0.15) is 5.00 Å². The van der Waals surface area contributed by atoms with Gasteiger partial charge >= 0.3 is 0 Å². The number of hydrogen-bond donors (Lipinski definition) is 2. The molecule has 0 radical (unpaired) electrons. The molecular formula is C24H22N6O2S. The maximum Gasteiger partial charge on any atom is 0.260 e. The van der Waals surface area contributed by atoms with Crippen molar-refractivity contribution in [1.29, 1.82) is 0 Å². The lowest BCUT2D eigenvalue weighted by Gasteiger charge is -2.12. The number of rotatable bonds is 6. The summed E-state index contributed by atoms with van der Waals surface area (Å²) < 4.78 is 1.73. The normalized spacial score (nSPS) is 12.7. The monoisotopic (exact) mass is 458 g/mol. The molecule has 33 heavy (non-hydrogen) atoms. The van der Waals surface area contributed by atoms with E-state index >= 15 is 0 Å². The summed E-state index contributed by atoms with van der Waals surface area (Å²) >= 11 is 1.48. The van der Waals surface area contributed by atoms with Gasteiger partial charge in [-0.2, -0.15) is 5.10 Å². The summed E-state index contributed by atoms with van der Waals surface area (Å²) in [4.78, 5) is 35.5. The molecule has 0 saturated heterocycles. The van der Waals surface area contributed by atoms with Gasteiger partial charge in [0.2, 0.25) is 0 Å². The third kappa shape index (κ3) is 4.68. The van der Waals surface area contributed by atoms with Gasteiger partial charge in [0, 0.05) is 35.7 Å². The van der Waals surface area contributed by atoms with E-state index in [9.17, 15) is 9.59 Å². The lowest BCUT2D eigenvalue weighted by atomic mass is 9.95. The van der Waals surface area contributed by atoms with Gasteiger partial charge in [-0.3, -0.25) is 24.2 Å². The first-order valence-electron chi connectivity index (χ1n) is 10.8. The first-order chi connectivity index (χ1) is 16.2. The van der Waals surface area contributed by atoms with Crippen molar-refractivity contribution in [3.63, 3.8) is 0 Å². The number of amides is 2. The van der Waals surface area contributed by atoms with Crippen molar-refractivity contribution < 1.29 is 9.59 Å². The molecule has 0 aromatic carbocycles. The van der Waals surface area contributed by atoms with E-state index in [-0.39, 0.29) is 11.8 Å². The summed E-state index contributed by atoms with van der Waals surface area (Å²) in [6.07, 6.45) is 10.5. The number of nitrogens with one attached hydrogen (secondary N) is 2. The van der Waals surface area contributed by atoms with Crippen LogP contribution < -0.4 is 10.6 Å². The second kappa shape index (κ2) is 9.33. The van der Waals surface area contributed by atoms with E-state index in [4.69, 9.17) is 0 Å². The molecule has 8 nitrogen and oxygen atoms in total. The summed E-state index contributed by atoms with van der Waals surface area (Å²) in [6, 6.07) is 10.9. The molecule has 0 bridgehead atoms. The average Bonchev–Trinajstić information content (AvgIpc) is 3.43. The third-order valence-electron chi connectivity index (χ3n) is 5.48. The number of hydrogen-bond acceptors (Lipinski definition) is 6. The number of carbonyl (C=O) groups is 2. The first-order valence-corrected chi connectivity index (χ1v) is 11.6. The van der Waals surface area contributed by atoms with Crippen molar-refractivity contribution in [2.24, 2.45) is 0 Å². The Morgan fingerprint density at radius 3 is 2.73 bits per heavy atom. The Morgan fingerprint density at radius 1 is 1.00 bits per heavy atom. The van der Waals surface area contributed by atoms with E-state index in [1.165, 1.54) is 17.5 Å². The third-order valence-corrected chi connectivity index (χ3v) is 6.69. The summed E-state index contributed by atoms with van der Waals surface area (Å²) in [6.45, 7) is 0.511. The molecule has 4 heterocycles. The molecule has 0 fully saturated rings. The SMILES string of the molecule is O=C(Nc1sc2c(c1C(=O)Nc1ccn(Cc3ccccn3)n1)CCCC2)c1cccnc1. The number of nitrogens with zero attached hydrogens (tertiary/aromatic N) is 4. The standard InChI is InChI=1S/C24H22N6O2S/c31-22(16-6-5-11-25-14-16)28-24-21(18-8-1-2-9-19(18)33-24)23(32)27-20-10-13-30(29-20)15-17-7-3-4-12-26-17/h3-7,10-14H,1-2,8-9,15H2,(H,28,31)(H,27,29,32). The Labute approximate surface area is 194 Å². The number of fused-ring (bicyclic) bond motifs is 1. The minimum absolute atomic E-state index is 0.265. The van der Waals surface area contributed by atoms with Crippen LogP contribution in [0.25, 0.3) is 0 Å². The molecule has 166 valence electrons. The van der Waals surface area contributed by atoms with Crippen LogP contribution in [0.1, 0.15) is 49.7 Å². The predicted octanol–water partition coefficient (Wildman–Crippen LogP) is 4.17. The minimum atomic E-state index is -0.282. The lowest BCUT2D eigenvalue weighted by molar-refractivity contribution is 0.102. The molecule has 2 N–H and O–H groups in total. The molecule has 9 heteroatoms. The van der Waals surface area contributed by atoms with Crippen molar-refractivity contribution in [3.05, 3.63) is 88.4 Å². The molecule has 5 rings (SSSR count). The van der Waals surface area contributed by atoms with Gasteiger partial charge in [-0.25, -0.2) is 0 Å². The Bertz CT molecular complexity index is 1280. The highest BCUT2D eigenvalue weighted by atomic mass is 32.1. The van der Waals surface area contributed by atoms with Crippen LogP contribution in [0.3, 0.4) is 0 Å². The van der Waals surface area contributed by atoms with Gasteiger partial charge in [-0.1, -0.05) is 6.07 Å². The zero-order valence-corrected chi connectivity index (χ0v) is 18.6. The van der Waals surface area contributed by atoms with Crippen molar-refractivity contribution in [2.45, 2.75) is 32.2 Å². The van der Waals surface area contributed by atoms with Gasteiger partial charge in [0.25, 0.3) is 11.8 Å². The second-order valence-corrected chi connectivity index (χ2v) is 8.89. The topological polar surface area (TPSA) is 102 Å². The summed E-state index contributed by atoms with van der Waals surface area (Å²) in [5.74, 6) is -0.0921. The van der Waals surface area contributed by atoms with E-state index in [1.807, 2.05) is 18.2 Å². The van der Waals surface area contributed by atoms with Crippen molar-refractivity contribution >= 4 is 34.0 Å². The van der Waals surface area contributed by atoms with Crippen LogP contribution in [-0.2, 0) is 19.4 Å². The average molecular weight is 459 g/mol. The fourth-order valence-corrected chi connectivity index (χ4v) is 5.20. The Balaban J connectivity index is 1.37. The fourth-order valence-electron chi connectivity index (χ4n) is 3.92. The predicted molar refractivity (Wildman–Crippen MR) is 127 cm³/mol. The van der Waals surface area contributed by atoms with Gasteiger partial charge in [0.15, 0.2) is 5.82 Å². The largest absolute Gasteiger partial charge is 0.313 e. The Kier molecular flexibility index (Phi) is 5.95. The van der Waals surface area contributed by atoms with Gasteiger partial charge in [0.05, 0.1) is 23.4 Å². The highest BCUT2D eigenvalue weighted by Gasteiger charge is 2.27. The number of aromatic nitrogens is 4. The fraction of sp³-hybridized carbons (Fsp3) is 0.208. The van der Waals surface area contributed by atoms with Crippen LogP contribution in [0.2, 0.25) is 0 Å². The number of pyridine rings is 2. The van der Waals surface area contributed by atoms with Crippen LogP contribution in [0.15, 0.2) is 61.2 Å². The molecular weight excluding hydrogens is 436 g/mol. The molecule has 0 aliphatic heterocycles. The molecule has 1 aliphatic rings. The number of aryl methyl sites for hydroxylation is 1. The van der Waals surface area contributed by atoms with E-state index in [2.05, 4.69) is 25.7 Å². The molecule has 0 atom stereocenters. The van der Waals surface area contributed by atoms with Crippen molar-refractivity contribution in [3.8, 4) is 0 Å². The van der Waals surface area contributed by atoms with E-state index in [0.29, 0.717) is 28.5 Å². The van der Waals surface area contributed by atoms with Gasteiger partial charge in [-0.15, -0.1) is 11.3 Å². The molecule has 0 spiro atoms. The zero-order valence-electron chi connectivity index (χ0n) is 17.8. The number of carbonyl (C=O) groups excluding carboxylic acids is 2. The first kappa shape index (κ1) is 21.0. The smallest absolute Gasteiger partial charge is 0.260 e. The number of anilines is 2. The Hall–Kier alpha value is -3.85. The van der Waals surface area contributed by atoms with Gasteiger partial charge < -0.3 is 10.6 Å². The highest BCUT2D eigenvalue weighted by Crippen LogP contribution is 2.38. The Morgan fingerprint density at radius 2 is 1.91 bits per heavy atom. The molecule has 0 unspecified atom stereocenters. The summed E-state index contributed by atoms with van der Waals surface area (Å²) in [5.41, 5.74) is 2.89. The molecule has 4 aromatic rings. The van der Waals surface area contributed by atoms with Crippen LogP contribution in [0.5, 0.6) is 0 Å². The van der Waals surface area contributed by atoms with E-state index in [1.54, 1.807) is 41.5 Å². The molecule has 4 aromatic heterocycles. The number of thiophene rings is 1. The molecule has 0 saturated carbocycles. The van der Waals surface area contributed by atoms with Gasteiger partial charge in [-0.05, 0) is 55.5 Å². The zero-order chi connectivity index (χ0) is 22.6. The van der Waals surface area contributed by atoms with E-state index in [0.717, 1.165) is 41.8 Å². The second-order valence-electron chi connectivity index (χ2n) is 7.78. The maximum atomic E-state index is 13.3. The quantitative estimate of drug-likeness (QED) is 0.452. The van der Waals surface area contributed by atoms with Crippen LogP contribution in [0.4, 0.5) is 10.8 Å². The van der Waals surface area contributed by atoms with Crippen LogP contribution in [-0.4, -0.2) is 31.6 Å². The van der Waals surface area contributed by atoms with E-state index < -0.39 is 0 Å². The highest BCUT2D eigenvalue weighted by molar-refractivity contribution is 7.17. The molecule has 1 aliphatic carbocycles. The summed E-state index contributed by atoms with van der Waals surface area (Å²) in [5, 5.41) is 10.9. The minimum Gasteiger partial charge on any atom is -0.313 e. The maximum absolute atomic E-state index is 13.3. The van der Waals surface area contributed by atoms with Crippen molar-refractivity contribution in [1.82, 2.24) is 19.7 Å². The van der Waals surface area contributed by atoms with Crippen LogP contribution >= 0.6 is 11.3 Å². The van der Waals surface area contributed by atoms with Crippen LogP contribution in [0, 0.1) is 0 Å². The summed E-state index contributed by atoms with van der Waals surface area (Å²) in [7, 11) is 0. The lowest BCUT2D eigenvalue weighted by Crippen LogP contribution is -2.19. The van der Waals surface area contributed by atoms with Crippen molar-refractivity contribution in [2.75, 3.05) is 10.6 Å². The molecule has 2 amide bonds.